The molecule has 0 aliphatic carbocycles. The second kappa shape index (κ2) is 8.29. The first-order chi connectivity index (χ1) is 16.2. The maximum absolute atomic E-state index is 12.9. The van der Waals surface area contributed by atoms with E-state index in [4.69, 9.17) is 9.15 Å². The Labute approximate surface area is 193 Å². The third-order valence-electron chi connectivity index (χ3n) is 5.87. The molecule has 1 aliphatic rings. The monoisotopic (exact) mass is 456 g/mol. The molecule has 1 aromatic carbocycles. The fraction of sp³-hybridized carbons (Fsp3) is 0.200. The molecule has 5 heterocycles. The Hall–Kier alpha value is -3.78. The van der Waals surface area contributed by atoms with Crippen LogP contribution in [0, 0.1) is 0 Å². The zero-order valence-corrected chi connectivity index (χ0v) is 18.5. The van der Waals surface area contributed by atoms with Crippen LogP contribution in [0.25, 0.3) is 32.5 Å². The second-order valence-corrected chi connectivity index (χ2v) is 8.96. The largest absolute Gasteiger partial charge is 0.490 e. The highest BCUT2D eigenvalue weighted by molar-refractivity contribution is 7.17. The van der Waals surface area contributed by atoms with Gasteiger partial charge in [0.2, 0.25) is 5.95 Å². The highest BCUT2D eigenvalue weighted by Crippen LogP contribution is 2.28. The lowest BCUT2D eigenvalue weighted by Gasteiger charge is -2.32. The third-order valence-corrected chi connectivity index (χ3v) is 6.75. The molecule has 0 N–H and O–H groups in total. The van der Waals surface area contributed by atoms with E-state index in [-0.39, 0.29) is 11.5 Å². The van der Waals surface area contributed by atoms with E-state index in [9.17, 15) is 4.79 Å². The van der Waals surface area contributed by atoms with Gasteiger partial charge in [-0.1, -0.05) is 0 Å². The first-order valence-corrected chi connectivity index (χ1v) is 11.7. The van der Waals surface area contributed by atoms with E-state index >= 15 is 0 Å². The number of fused-ring (bicyclic) bond motifs is 2. The minimum atomic E-state index is -0.110. The fourth-order valence-corrected chi connectivity index (χ4v) is 4.94. The Balaban J connectivity index is 1.20. The topological polar surface area (TPSA) is 81.4 Å². The fourth-order valence-electron chi connectivity index (χ4n) is 4.15. The molecule has 1 saturated heterocycles. The van der Waals surface area contributed by atoms with Crippen molar-refractivity contribution in [3.05, 3.63) is 76.7 Å². The number of pyridine rings is 1. The Morgan fingerprint density at radius 2 is 1.88 bits per heavy atom. The molecule has 6 rings (SSSR count). The van der Waals surface area contributed by atoms with Crippen LogP contribution in [0.15, 0.2) is 75.6 Å². The molecule has 8 heteroatoms. The van der Waals surface area contributed by atoms with Gasteiger partial charge in [-0.2, -0.15) is 0 Å². The maximum Gasteiger partial charge on any atom is 0.225 e. The van der Waals surface area contributed by atoms with Gasteiger partial charge in [-0.05, 0) is 41.8 Å². The first kappa shape index (κ1) is 19.9. The van der Waals surface area contributed by atoms with Crippen molar-refractivity contribution < 1.29 is 9.15 Å². The SMILES string of the molecule is O=c1cc(-c2cc3sccc3cn2)oc2ccc(OC3CCN(c4ncccn4)CC3)cc12. The Morgan fingerprint density at radius 3 is 2.73 bits per heavy atom. The summed E-state index contributed by atoms with van der Waals surface area (Å²) in [6, 6.07) is 12.7. The van der Waals surface area contributed by atoms with Gasteiger partial charge in [0.15, 0.2) is 11.2 Å². The number of ether oxygens (including phenoxy) is 1. The van der Waals surface area contributed by atoms with Gasteiger partial charge >= 0.3 is 0 Å². The van der Waals surface area contributed by atoms with Gasteiger partial charge in [-0.15, -0.1) is 11.3 Å². The van der Waals surface area contributed by atoms with Gasteiger partial charge in [0, 0.05) is 60.7 Å². The number of aromatic nitrogens is 3. The lowest BCUT2D eigenvalue weighted by Crippen LogP contribution is -2.39. The van der Waals surface area contributed by atoms with Crippen LogP contribution in [0.4, 0.5) is 5.95 Å². The lowest BCUT2D eigenvalue weighted by atomic mass is 10.1. The van der Waals surface area contributed by atoms with Gasteiger partial charge in [0.25, 0.3) is 0 Å². The van der Waals surface area contributed by atoms with Gasteiger partial charge in [-0.25, -0.2) is 9.97 Å². The van der Waals surface area contributed by atoms with Crippen LogP contribution in [-0.4, -0.2) is 34.1 Å². The molecule has 0 amide bonds. The molecule has 7 nitrogen and oxygen atoms in total. The number of hydrogen-bond donors (Lipinski definition) is 0. The van der Waals surface area contributed by atoms with Crippen molar-refractivity contribution in [3.63, 3.8) is 0 Å². The number of thiophene rings is 1. The average Bonchev–Trinajstić information content (AvgIpc) is 3.33. The van der Waals surface area contributed by atoms with Crippen LogP contribution >= 0.6 is 11.3 Å². The molecule has 0 saturated carbocycles. The molecule has 5 aromatic rings. The highest BCUT2D eigenvalue weighted by atomic mass is 32.1. The number of hydrogen-bond acceptors (Lipinski definition) is 8. The molecule has 0 bridgehead atoms. The van der Waals surface area contributed by atoms with Crippen molar-refractivity contribution >= 4 is 38.3 Å². The van der Waals surface area contributed by atoms with Crippen molar-refractivity contribution in [2.24, 2.45) is 0 Å². The molecule has 0 atom stereocenters. The molecule has 4 aromatic heterocycles. The molecule has 1 fully saturated rings. The highest BCUT2D eigenvalue weighted by Gasteiger charge is 2.22. The van der Waals surface area contributed by atoms with Gasteiger partial charge in [0.1, 0.15) is 23.1 Å². The minimum absolute atomic E-state index is 0.0791. The van der Waals surface area contributed by atoms with Crippen LogP contribution < -0.4 is 15.1 Å². The van der Waals surface area contributed by atoms with Crippen LogP contribution in [0.2, 0.25) is 0 Å². The molecule has 0 radical (unpaired) electrons. The van der Waals surface area contributed by atoms with Crippen molar-refractivity contribution in [3.8, 4) is 17.2 Å². The molecule has 0 unspecified atom stereocenters. The van der Waals surface area contributed by atoms with E-state index in [0.717, 1.165) is 42.0 Å². The predicted molar refractivity (Wildman–Crippen MR) is 129 cm³/mol. The van der Waals surface area contributed by atoms with Crippen molar-refractivity contribution in [1.82, 2.24) is 15.0 Å². The van der Waals surface area contributed by atoms with E-state index in [1.807, 2.05) is 29.6 Å². The van der Waals surface area contributed by atoms with Crippen molar-refractivity contribution in [1.29, 1.82) is 0 Å². The summed E-state index contributed by atoms with van der Waals surface area (Å²) < 4.78 is 13.3. The van der Waals surface area contributed by atoms with Crippen molar-refractivity contribution in [2.45, 2.75) is 18.9 Å². The predicted octanol–water partition coefficient (Wildman–Crippen LogP) is 4.91. The normalized spacial score (nSPS) is 14.7. The third kappa shape index (κ3) is 3.93. The number of anilines is 1. The van der Waals surface area contributed by atoms with E-state index in [1.165, 1.54) is 6.07 Å². The minimum Gasteiger partial charge on any atom is -0.490 e. The molecular formula is C25H20N4O3S. The summed E-state index contributed by atoms with van der Waals surface area (Å²) in [6.45, 7) is 1.66. The molecule has 33 heavy (non-hydrogen) atoms. The van der Waals surface area contributed by atoms with E-state index in [2.05, 4.69) is 19.9 Å². The second-order valence-electron chi connectivity index (χ2n) is 8.01. The summed E-state index contributed by atoms with van der Waals surface area (Å²) in [5.41, 5.74) is 1.06. The Morgan fingerprint density at radius 1 is 1.03 bits per heavy atom. The summed E-state index contributed by atoms with van der Waals surface area (Å²) >= 11 is 1.63. The van der Waals surface area contributed by atoms with Crippen LogP contribution in [0.1, 0.15) is 12.8 Å². The number of piperidine rings is 1. The van der Waals surface area contributed by atoms with E-state index in [1.54, 1.807) is 42.1 Å². The quantitative estimate of drug-likeness (QED) is 0.380. The lowest BCUT2D eigenvalue weighted by molar-refractivity contribution is 0.170. The van der Waals surface area contributed by atoms with Crippen LogP contribution in [0.5, 0.6) is 5.75 Å². The van der Waals surface area contributed by atoms with E-state index < -0.39 is 0 Å². The summed E-state index contributed by atoms with van der Waals surface area (Å²) in [5, 5.41) is 3.60. The average molecular weight is 457 g/mol. The smallest absolute Gasteiger partial charge is 0.225 e. The Kier molecular flexibility index (Phi) is 4.99. The number of benzene rings is 1. The summed E-state index contributed by atoms with van der Waals surface area (Å²) in [6.07, 6.45) is 7.12. The molecule has 164 valence electrons. The van der Waals surface area contributed by atoms with Crippen LogP contribution in [0.3, 0.4) is 0 Å². The Bertz CT molecular complexity index is 1490. The van der Waals surface area contributed by atoms with Gasteiger partial charge in [0.05, 0.1) is 5.39 Å². The van der Waals surface area contributed by atoms with Crippen molar-refractivity contribution in [2.75, 3.05) is 18.0 Å². The summed E-state index contributed by atoms with van der Waals surface area (Å²) in [5.74, 6) is 1.89. The molecule has 0 spiro atoms. The summed E-state index contributed by atoms with van der Waals surface area (Å²) in [4.78, 5) is 28.1. The zero-order valence-electron chi connectivity index (χ0n) is 17.7. The zero-order chi connectivity index (χ0) is 22.2. The standard InChI is InChI=1S/C25H20N4O3S/c30-21-14-23(20-13-24-16(15-28-20)6-11-33-24)32-22-3-2-18(12-19(21)22)31-17-4-9-29(10-5-17)25-26-7-1-8-27-25/h1-3,6-8,11-15,17H,4-5,9-10H2. The summed E-state index contributed by atoms with van der Waals surface area (Å²) in [7, 11) is 0. The molecular weight excluding hydrogens is 436 g/mol. The first-order valence-electron chi connectivity index (χ1n) is 10.8. The van der Waals surface area contributed by atoms with Crippen LogP contribution in [-0.2, 0) is 0 Å². The number of rotatable bonds is 4. The maximum atomic E-state index is 12.9. The van der Waals surface area contributed by atoms with Gasteiger partial charge < -0.3 is 14.1 Å². The van der Waals surface area contributed by atoms with E-state index in [0.29, 0.717) is 28.2 Å². The molecule has 1 aliphatic heterocycles. The van der Waals surface area contributed by atoms with Gasteiger partial charge in [-0.3, -0.25) is 9.78 Å². The number of nitrogens with zero attached hydrogens (tertiary/aromatic N) is 4.